The lowest BCUT2D eigenvalue weighted by molar-refractivity contribution is 0.186. The Balaban J connectivity index is 2.44. The van der Waals surface area contributed by atoms with E-state index in [0.29, 0.717) is 29.2 Å². The van der Waals surface area contributed by atoms with E-state index in [-0.39, 0.29) is 17.5 Å². The number of nitrogen functional groups attached to an aromatic ring is 1. The molecule has 0 aromatic heterocycles. The van der Waals surface area contributed by atoms with Gasteiger partial charge in [0.1, 0.15) is 0 Å². The van der Waals surface area contributed by atoms with Gasteiger partial charge in [0.15, 0.2) is 0 Å². The number of aliphatic hydroxyl groups excluding tert-OH is 1. The van der Waals surface area contributed by atoms with Crippen LogP contribution in [0.15, 0.2) is 17.0 Å². The number of hydrogen-bond acceptors (Lipinski definition) is 4. The normalized spacial score (nSPS) is 21.2. The first-order valence-electron chi connectivity index (χ1n) is 7.06. The Morgan fingerprint density at radius 1 is 1.38 bits per heavy atom. The highest BCUT2D eigenvalue weighted by Crippen LogP contribution is 2.30. The number of nitrogens with two attached hydrogens (primary N) is 1. The quantitative estimate of drug-likeness (QED) is 0.831. The van der Waals surface area contributed by atoms with Crippen molar-refractivity contribution in [3.05, 3.63) is 22.7 Å². The van der Waals surface area contributed by atoms with Gasteiger partial charge in [-0.15, -0.1) is 0 Å². The van der Waals surface area contributed by atoms with Gasteiger partial charge in [0.2, 0.25) is 10.0 Å². The van der Waals surface area contributed by atoms with Gasteiger partial charge in [0.05, 0.1) is 11.5 Å². The molecule has 0 amide bonds. The first-order chi connectivity index (χ1) is 9.87. The predicted octanol–water partition coefficient (Wildman–Crippen LogP) is 2.16. The third-order valence-corrected chi connectivity index (χ3v) is 6.32. The molecular weight excluding hydrogens is 312 g/mol. The lowest BCUT2D eigenvalue weighted by Gasteiger charge is -2.28. The molecule has 2 rings (SSSR count). The van der Waals surface area contributed by atoms with Crippen molar-refractivity contribution in [1.29, 1.82) is 0 Å². The van der Waals surface area contributed by atoms with Gasteiger partial charge in [-0.3, -0.25) is 0 Å². The molecule has 1 atom stereocenters. The maximum absolute atomic E-state index is 12.8. The second-order valence-electron chi connectivity index (χ2n) is 5.42. The molecule has 3 N–H and O–H groups in total. The Bertz CT molecular complexity index is 596. The molecule has 21 heavy (non-hydrogen) atoms. The summed E-state index contributed by atoms with van der Waals surface area (Å²) in [7, 11) is -3.70. The van der Waals surface area contributed by atoms with Crippen molar-refractivity contribution in [3.63, 3.8) is 0 Å². The predicted molar refractivity (Wildman–Crippen MR) is 83.8 cm³/mol. The lowest BCUT2D eigenvalue weighted by atomic mass is 10.1. The Labute approximate surface area is 130 Å². The van der Waals surface area contributed by atoms with Crippen LogP contribution in [0.4, 0.5) is 5.69 Å². The number of sulfonamides is 1. The first-order valence-corrected chi connectivity index (χ1v) is 8.88. The standard InChI is InChI=1S/C14H21ClN2O3S/c1-10-13(15)7-12(8-14(10)16)21(19,20)17-6-4-2-3-5-11(17)9-18/h7-8,11,18H,2-6,9,16H2,1H3. The molecule has 1 aromatic rings. The molecule has 0 spiro atoms. The van der Waals surface area contributed by atoms with Crippen LogP contribution in [0.3, 0.4) is 0 Å². The van der Waals surface area contributed by atoms with Gasteiger partial charge in [0, 0.05) is 23.3 Å². The summed E-state index contributed by atoms with van der Waals surface area (Å²) in [6.07, 6.45) is 3.36. The average molecular weight is 333 g/mol. The smallest absolute Gasteiger partial charge is 0.243 e. The van der Waals surface area contributed by atoms with Gasteiger partial charge in [-0.05, 0) is 37.5 Å². The molecule has 5 nitrogen and oxygen atoms in total. The fraction of sp³-hybridized carbons (Fsp3) is 0.571. The Morgan fingerprint density at radius 2 is 2.10 bits per heavy atom. The van der Waals surface area contributed by atoms with E-state index in [9.17, 15) is 13.5 Å². The van der Waals surface area contributed by atoms with Crippen molar-refractivity contribution in [2.24, 2.45) is 0 Å². The number of aliphatic hydroxyl groups is 1. The average Bonchev–Trinajstić information content (AvgIpc) is 2.69. The Hall–Kier alpha value is -0.820. The highest BCUT2D eigenvalue weighted by molar-refractivity contribution is 7.89. The number of anilines is 1. The molecular formula is C14H21ClN2O3S. The summed E-state index contributed by atoms with van der Waals surface area (Å²) in [4.78, 5) is 0.0935. The van der Waals surface area contributed by atoms with Crippen molar-refractivity contribution >= 4 is 27.3 Å². The van der Waals surface area contributed by atoms with Crippen molar-refractivity contribution in [2.45, 2.75) is 43.5 Å². The summed E-state index contributed by atoms with van der Waals surface area (Å²) in [6, 6.07) is 2.50. The van der Waals surface area contributed by atoms with E-state index in [1.165, 1.54) is 16.4 Å². The summed E-state index contributed by atoms with van der Waals surface area (Å²) >= 11 is 6.05. The molecule has 1 aliphatic heterocycles. The monoisotopic (exact) mass is 332 g/mol. The summed E-state index contributed by atoms with van der Waals surface area (Å²) < 4.78 is 27.0. The molecule has 1 aliphatic rings. The van der Waals surface area contributed by atoms with Crippen molar-refractivity contribution in [2.75, 3.05) is 18.9 Å². The molecule has 1 heterocycles. The van der Waals surface area contributed by atoms with Crippen LogP contribution >= 0.6 is 11.6 Å². The van der Waals surface area contributed by atoms with Gasteiger partial charge in [-0.25, -0.2) is 8.42 Å². The summed E-state index contributed by atoms with van der Waals surface area (Å²) in [5.41, 5.74) is 6.86. The van der Waals surface area contributed by atoms with E-state index in [2.05, 4.69) is 0 Å². The highest BCUT2D eigenvalue weighted by Gasteiger charge is 2.32. The third-order valence-electron chi connectivity index (χ3n) is 4.00. The molecule has 0 aliphatic carbocycles. The number of rotatable bonds is 3. The Kier molecular flexibility index (Phi) is 5.14. The second kappa shape index (κ2) is 6.52. The molecule has 7 heteroatoms. The largest absolute Gasteiger partial charge is 0.398 e. The van der Waals surface area contributed by atoms with Crippen LogP contribution in [-0.4, -0.2) is 37.0 Å². The van der Waals surface area contributed by atoms with E-state index in [0.717, 1.165) is 19.3 Å². The maximum atomic E-state index is 12.8. The third kappa shape index (κ3) is 3.34. The topological polar surface area (TPSA) is 83.6 Å². The van der Waals surface area contributed by atoms with Gasteiger partial charge in [-0.2, -0.15) is 4.31 Å². The molecule has 0 saturated carbocycles. The SMILES string of the molecule is Cc1c(N)cc(S(=O)(=O)N2CCCCCC2CO)cc1Cl. The van der Waals surface area contributed by atoms with Gasteiger partial charge >= 0.3 is 0 Å². The van der Waals surface area contributed by atoms with Crippen LogP contribution < -0.4 is 5.73 Å². The van der Waals surface area contributed by atoms with E-state index in [4.69, 9.17) is 17.3 Å². The van der Waals surface area contributed by atoms with Crippen LogP contribution in [0, 0.1) is 6.92 Å². The van der Waals surface area contributed by atoms with E-state index >= 15 is 0 Å². The van der Waals surface area contributed by atoms with Crippen molar-refractivity contribution < 1.29 is 13.5 Å². The second-order valence-corrected chi connectivity index (χ2v) is 7.72. The summed E-state index contributed by atoms with van der Waals surface area (Å²) in [5, 5.41) is 9.83. The minimum Gasteiger partial charge on any atom is -0.398 e. The number of nitrogens with zero attached hydrogens (tertiary/aromatic N) is 1. The summed E-state index contributed by atoms with van der Waals surface area (Å²) in [5.74, 6) is 0. The van der Waals surface area contributed by atoms with Crippen molar-refractivity contribution in [1.82, 2.24) is 4.31 Å². The number of halogens is 1. The molecule has 1 unspecified atom stereocenters. The zero-order chi connectivity index (χ0) is 15.6. The van der Waals surface area contributed by atoms with Crippen LogP contribution in [0.2, 0.25) is 5.02 Å². The molecule has 1 fully saturated rings. The maximum Gasteiger partial charge on any atom is 0.243 e. The Morgan fingerprint density at radius 3 is 2.71 bits per heavy atom. The van der Waals surface area contributed by atoms with E-state index in [1.807, 2.05) is 0 Å². The molecule has 118 valence electrons. The molecule has 0 bridgehead atoms. The van der Waals surface area contributed by atoms with Crippen LogP contribution in [0.5, 0.6) is 0 Å². The zero-order valence-electron chi connectivity index (χ0n) is 12.0. The van der Waals surface area contributed by atoms with Gasteiger partial charge < -0.3 is 10.8 Å². The van der Waals surface area contributed by atoms with Crippen LogP contribution in [-0.2, 0) is 10.0 Å². The van der Waals surface area contributed by atoms with Gasteiger partial charge in [0.25, 0.3) is 0 Å². The number of benzene rings is 1. The van der Waals surface area contributed by atoms with Crippen LogP contribution in [0.1, 0.15) is 31.2 Å². The zero-order valence-corrected chi connectivity index (χ0v) is 13.6. The van der Waals surface area contributed by atoms with E-state index in [1.54, 1.807) is 6.92 Å². The fourth-order valence-electron chi connectivity index (χ4n) is 2.61. The number of hydrogen-bond donors (Lipinski definition) is 2. The fourth-order valence-corrected chi connectivity index (χ4v) is 4.65. The lowest BCUT2D eigenvalue weighted by Crippen LogP contribution is -2.42. The minimum atomic E-state index is -3.70. The molecule has 1 saturated heterocycles. The first kappa shape index (κ1) is 16.5. The highest BCUT2D eigenvalue weighted by atomic mass is 35.5. The van der Waals surface area contributed by atoms with Crippen molar-refractivity contribution in [3.8, 4) is 0 Å². The molecule has 0 radical (unpaired) electrons. The van der Waals surface area contributed by atoms with Crippen LogP contribution in [0.25, 0.3) is 0 Å². The molecule has 1 aromatic carbocycles. The van der Waals surface area contributed by atoms with Gasteiger partial charge in [-0.1, -0.05) is 24.4 Å². The minimum absolute atomic E-state index is 0.0935. The summed E-state index contributed by atoms with van der Waals surface area (Å²) in [6.45, 7) is 1.99. The van der Waals surface area contributed by atoms with E-state index < -0.39 is 10.0 Å².